The average molecular weight is 133 g/mol. The number of hydrogen-bond donors (Lipinski definition) is 1. The van der Waals surface area contributed by atoms with Crippen molar-refractivity contribution in [3.05, 3.63) is 30.5 Å². The summed E-state index contributed by atoms with van der Waals surface area (Å²) in [7, 11) is 0. The van der Waals surface area contributed by atoms with Crippen LogP contribution in [0.5, 0.6) is 0 Å². The molecule has 0 saturated heterocycles. The molecule has 1 radical (unpaired) electrons. The number of aromatic nitrogens is 2. The van der Waals surface area contributed by atoms with Crippen LogP contribution in [-0.2, 0) is 0 Å². The minimum atomic E-state index is 0.707. The van der Waals surface area contributed by atoms with Gasteiger partial charge in [-0.25, -0.2) is 0 Å². The number of hydrogen-bond acceptors (Lipinski definition) is 2. The Morgan fingerprint density at radius 3 is 3.30 bits per heavy atom. The number of fused-ring (bicyclic) bond motifs is 1. The highest BCUT2D eigenvalue weighted by molar-refractivity contribution is 5.77. The Morgan fingerprint density at radius 2 is 2.50 bits per heavy atom. The summed E-state index contributed by atoms with van der Waals surface area (Å²) in [6.45, 7) is 0. The van der Waals surface area contributed by atoms with Crippen LogP contribution in [0.3, 0.4) is 0 Å². The maximum absolute atomic E-state index is 9.00. The van der Waals surface area contributed by atoms with Crippen molar-refractivity contribution in [2.75, 3.05) is 0 Å². The molecule has 10 heavy (non-hydrogen) atoms. The van der Waals surface area contributed by atoms with E-state index in [1.165, 1.54) is 0 Å². The van der Waals surface area contributed by atoms with E-state index < -0.39 is 0 Å². The van der Waals surface area contributed by atoms with Gasteiger partial charge in [0.05, 0.1) is 6.20 Å². The summed E-state index contributed by atoms with van der Waals surface area (Å²) in [5.74, 6) is 0. The second kappa shape index (κ2) is 1.73. The predicted molar refractivity (Wildman–Crippen MR) is 35.8 cm³/mol. The van der Waals surface area contributed by atoms with Gasteiger partial charge in [-0.2, -0.15) is 0 Å². The number of benzene rings is 1. The molecule has 1 N–H and O–H groups in total. The largest absolute Gasteiger partial charge is 0.411 e. The van der Waals surface area contributed by atoms with Gasteiger partial charge in [0, 0.05) is 5.39 Å². The van der Waals surface area contributed by atoms with Crippen molar-refractivity contribution in [3.63, 3.8) is 0 Å². The third-order valence-corrected chi connectivity index (χ3v) is 1.39. The minimum absolute atomic E-state index is 0.707. The summed E-state index contributed by atoms with van der Waals surface area (Å²) in [4.78, 5) is 0.850. The Balaban J connectivity index is 2.93. The first-order valence-corrected chi connectivity index (χ1v) is 2.91. The van der Waals surface area contributed by atoms with Gasteiger partial charge in [0.25, 0.3) is 0 Å². The molecule has 49 valence electrons. The molecule has 0 fully saturated rings. The zero-order valence-electron chi connectivity index (χ0n) is 5.15. The highest BCUT2D eigenvalue weighted by atomic mass is 16.5. The second-order valence-electron chi connectivity index (χ2n) is 2.02. The monoisotopic (exact) mass is 133 g/mol. The van der Waals surface area contributed by atoms with E-state index in [0.29, 0.717) is 5.52 Å². The smallest absolute Gasteiger partial charge is 0.110 e. The molecule has 0 amide bonds. The molecule has 0 spiro atoms. The summed E-state index contributed by atoms with van der Waals surface area (Å²) < 4.78 is 0. The van der Waals surface area contributed by atoms with Crippen LogP contribution in [0.15, 0.2) is 24.4 Å². The zero-order chi connectivity index (χ0) is 6.97. The molecule has 0 saturated carbocycles. The van der Waals surface area contributed by atoms with E-state index in [0.717, 1.165) is 10.2 Å². The van der Waals surface area contributed by atoms with Crippen LogP contribution in [0.1, 0.15) is 0 Å². The van der Waals surface area contributed by atoms with Crippen LogP contribution < -0.4 is 0 Å². The molecule has 0 aliphatic heterocycles. The molecule has 1 aromatic heterocycles. The summed E-state index contributed by atoms with van der Waals surface area (Å²) in [6.07, 6.45) is 1.59. The fourth-order valence-electron chi connectivity index (χ4n) is 0.900. The minimum Gasteiger partial charge on any atom is -0.411 e. The Morgan fingerprint density at radius 1 is 1.60 bits per heavy atom. The van der Waals surface area contributed by atoms with E-state index in [2.05, 4.69) is 11.2 Å². The summed E-state index contributed by atoms with van der Waals surface area (Å²) in [5.41, 5.74) is 0.707. The van der Waals surface area contributed by atoms with Gasteiger partial charge in [0.15, 0.2) is 0 Å². The highest BCUT2D eigenvalue weighted by Crippen LogP contribution is 2.09. The molecule has 0 bridgehead atoms. The third kappa shape index (κ3) is 0.572. The Hall–Kier alpha value is -1.51. The molecule has 0 atom stereocenters. The first kappa shape index (κ1) is 5.29. The molecule has 0 unspecified atom stereocenters. The lowest BCUT2D eigenvalue weighted by Gasteiger charge is -1.88. The number of nitrogens with zero attached hydrogens (tertiary/aromatic N) is 2. The fourth-order valence-corrected chi connectivity index (χ4v) is 0.900. The molecule has 0 aliphatic carbocycles. The normalized spacial score (nSPS) is 10.4. The van der Waals surface area contributed by atoms with E-state index in [1.807, 2.05) is 0 Å². The first-order chi connectivity index (χ1) is 4.88. The van der Waals surface area contributed by atoms with Crippen molar-refractivity contribution in [3.8, 4) is 0 Å². The molecular weight excluding hydrogens is 128 g/mol. The second-order valence-corrected chi connectivity index (χ2v) is 2.02. The molecule has 2 rings (SSSR count). The predicted octanol–water partition coefficient (Wildman–Crippen LogP) is 1.07. The van der Waals surface area contributed by atoms with Crippen LogP contribution in [0, 0.1) is 6.07 Å². The standard InChI is InChI=1S/C7H5N2O/c10-9-7-4-2-1-3-6(7)5-8-9/h2-5,10H. The number of rotatable bonds is 0. The van der Waals surface area contributed by atoms with Gasteiger partial charge in [0.1, 0.15) is 5.52 Å². The highest BCUT2D eigenvalue weighted by Gasteiger charge is 1.96. The van der Waals surface area contributed by atoms with Crippen LogP contribution in [-0.4, -0.2) is 15.2 Å². The summed E-state index contributed by atoms with van der Waals surface area (Å²) in [6, 6.07) is 8.14. The Kier molecular flexibility index (Phi) is 0.917. The van der Waals surface area contributed by atoms with Crippen molar-refractivity contribution in [1.82, 2.24) is 9.94 Å². The van der Waals surface area contributed by atoms with Crippen molar-refractivity contribution in [1.29, 1.82) is 0 Å². The van der Waals surface area contributed by atoms with Gasteiger partial charge in [-0.3, -0.25) is 0 Å². The molecular formula is C7H5N2O. The lowest BCUT2D eigenvalue weighted by atomic mass is 10.3. The summed E-state index contributed by atoms with van der Waals surface area (Å²) >= 11 is 0. The maximum atomic E-state index is 9.00. The first-order valence-electron chi connectivity index (χ1n) is 2.91. The lowest BCUT2D eigenvalue weighted by molar-refractivity contribution is 0.161. The molecule has 3 heteroatoms. The Bertz CT molecular complexity index is 353. The third-order valence-electron chi connectivity index (χ3n) is 1.39. The molecule has 3 nitrogen and oxygen atoms in total. The van der Waals surface area contributed by atoms with Crippen LogP contribution in [0.4, 0.5) is 0 Å². The van der Waals surface area contributed by atoms with Gasteiger partial charge < -0.3 is 5.21 Å². The van der Waals surface area contributed by atoms with Crippen LogP contribution >= 0.6 is 0 Å². The summed E-state index contributed by atoms with van der Waals surface area (Å²) in [5, 5.41) is 13.5. The van der Waals surface area contributed by atoms with Crippen molar-refractivity contribution in [2.24, 2.45) is 0 Å². The average Bonchev–Trinajstić information content (AvgIpc) is 2.34. The maximum Gasteiger partial charge on any atom is 0.110 e. The van der Waals surface area contributed by atoms with E-state index in [1.54, 1.807) is 24.4 Å². The van der Waals surface area contributed by atoms with Gasteiger partial charge in [-0.15, -0.1) is 9.94 Å². The molecule has 0 aliphatic rings. The lowest BCUT2D eigenvalue weighted by Crippen LogP contribution is -1.89. The molecule has 1 aromatic carbocycles. The van der Waals surface area contributed by atoms with Gasteiger partial charge >= 0.3 is 0 Å². The van der Waals surface area contributed by atoms with Gasteiger partial charge in [0.2, 0.25) is 0 Å². The fraction of sp³-hybridized carbons (Fsp3) is 0. The van der Waals surface area contributed by atoms with Crippen LogP contribution in [0.25, 0.3) is 10.9 Å². The van der Waals surface area contributed by atoms with Crippen molar-refractivity contribution < 1.29 is 5.21 Å². The van der Waals surface area contributed by atoms with E-state index in [-0.39, 0.29) is 0 Å². The van der Waals surface area contributed by atoms with Crippen molar-refractivity contribution in [2.45, 2.75) is 0 Å². The zero-order valence-corrected chi connectivity index (χ0v) is 5.15. The molecule has 2 aromatic rings. The van der Waals surface area contributed by atoms with E-state index in [4.69, 9.17) is 5.21 Å². The Labute approximate surface area is 57.5 Å². The topological polar surface area (TPSA) is 38.0 Å². The molecule has 1 heterocycles. The van der Waals surface area contributed by atoms with Crippen LogP contribution in [0.2, 0.25) is 0 Å². The SMILES string of the molecule is On1ncc2c[c]ccc21. The van der Waals surface area contributed by atoms with E-state index in [9.17, 15) is 0 Å². The van der Waals surface area contributed by atoms with Gasteiger partial charge in [-0.05, 0) is 18.2 Å². The van der Waals surface area contributed by atoms with E-state index >= 15 is 0 Å². The van der Waals surface area contributed by atoms with Gasteiger partial charge in [-0.1, -0.05) is 6.07 Å². The quantitative estimate of drug-likeness (QED) is 0.546. The van der Waals surface area contributed by atoms with Crippen molar-refractivity contribution >= 4 is 10.9 Å².